The van der Waals surface area contributed by atoms with E-state index in [1.54, 1.807) is 0 Å². The van der Waals surface area contributed by atoms with Crippen molar-refractivity contribution >= 4 is 11.7 Å². The number of anilines is 1. The van der Waals surface area contributed by atoms with Crippen LogP contribution in [0.5, 0.6) is 0 Å². The van der Waals surface area contributed by atoms with E-state index in [9.17, 15) is 9.90 Å². The van der Waals surface area contributed by atoms with Crippen molar-refractivity contribution in [2.45, 2.75) is 70.3 Å². The van der Waals surface area contributed by atoms with E-state index in [4.69, 9.17) is 9.47 Å². The average molecular weight is 599 g/mol. The fourth-order valence-electron chi connectivity index (χ4n) is 6.88. The second-order valence-corrected chi connectivity index (χ2v) is 12.5. The molecular formula is C36H46N4O4. The summed E-state index contributed by atoms with van der Waals surface area (Å²) in [6.07, 6.45) is 4.32. The molecule has 0 unspecified atom stereocenters. The van der Waals surface area contributed by atoms with Gasteiger partial charge < -0.3 is 30.1 Å². The minimum atomic E-state index is -0.576. The maximum absolute atomic E-state index is 12.7. The molecule has 3 aliphatic heterocycles. The first-order chi connectivity index (χ1) is 21.6. The van der Waals surface area contributed by atoms with Gasteiger partial charge in [0.25, 0.3) is 0 Å². The molecule has 3 aromatic carbocycles. The Kier molecular flexibility index (Phi) is 10.3. The van der Waals surface area contributed by atoms with E-state index in [2.05, 4.69) is 39.5 Å². The Hall–Kier alpha value is -3.27. The van der Waals surface area contributed by atoms with Crippen LogP contribution in [0.3, 0.4) is 0 Å². The molecule has 0 radical (unpaired) electrons. The van der Waals surface area contributed by atoms with E-state index in [0.717, 1.165) is 41.9 Å². The molecule has 0 aliphatic carbocycles. The molecule has 6 rings (SSSR count). The molecule has 8 nitrogen and oxygen atoms in total. The zero-order chi connectivity index (χ0) is 30.3. The predicted octanol–water partition coefficient (Wildman–Crippen LogP) is 5.85. The number of rotatable bonds is 10. The summed E-state index contributed by atoms with van der Waals surface area (Å²) in [6, 6.07) is 26.0. The van der Waals surface area contributed by atoms with Gasteiger partial charge in [0.2, 0.25) is 0 Å². The van der Waals surface area contributed by atoms with Crippen LogP contribution in [-0.2, 0) is 22.6 Å². The molecule has 3 aliphatic rings. The van der Waals surface area contributed by atoms with Crippen LogP contribution in [0.25, 0.3) is 0 Å². The maximum Gasteiger partial charge on any atom is 0.319 e. The number of hydrogen-bond acceptors (Lipinski definition) is 6. The summed E-state index contributed by atoms with van der Waals surface area (Å²) in [7, 11) is 0. The number of hydrogen-bond donors (Lipinski definition) is 3. The van der Waals surface area contributed by atoms with E-state index < -0.39 is 6.29 Å². The summed E-state index contributed by atoms with van der Waals surface area (Å²) in [6.45, 7) is 8.25. The summed E-state index contributed by atoms with van der Waals surface area (Å²) >= 11 is 0. The zero-order valence-electron chi connectivity index (χ0n) is 25.7. The first-order valence-electron chi connectivity index (χ1n) is 16.2. The second kappa shape index (κ2) is 14.7. The van der Waals surface area contributed by atoms with Crippen molar-refractivity contribution in [3.8, 4) is 0 Å². The molecule has 44 heavy (non-hydrogen) atoms. The maximum atomic E-state index is 12.7. The Balaban J connectivity index is 1.18. The third kappa shape index (κ3) is 7.68. The van der Waals surface area contributed by atoms with E-state index in [1.807, 2.05) is 66.7 Å². The standard InChI is InChI=1S/C36H46N4O4/c1-26-33(24-40-20-8-13-32(40)23-39-18-5-6-19-39)43-35(44-34(26)29-16-14-28(25-41)15-17-29)30-11-7-12-31(21-30)38-36(42)37-22-27-9-3-2-4-10-27/h2-4,7,9-12,14-17,21,26,32-35,41H,5-6,8,13,18-20,22-25H2,1H3,(H2,37,38,42)/t26-,32-,33+,34+,35+/m0/s1. The van der Waals surface area contributed by atoms with Crippen LogP contribution in [0.15, 0.2) is 78.9 Å². The lowest BCUT2D eigenvalue weighted by Gasteiger charge is -2.43. The molecule has 234 valence electrons. The van der Waals surface area contributed by atoms with Crippen LogP contribution in [0.2, 0.25) is 0 Å². The molecule has 2 amide bonds. The average Bonchev–Trinajstić information content (AvgIpc) is 3.74. The highest BCUT2D eigenvalue weighted by Gasteiger charge is 2.41. The van der Waals surface area contributed by atoms with Crippen molar-refractivity contribution in [3.63, 3.8) is 0 Å². The van der Waals surface area contributed by atoms with Gasteiger partial charge in [0.15, 0.2) is 6.29 Å². The minimum Gasteiger partial charge on any atom is -0.392 e. The van der Waals surface area contributed by atoms with Gasteiger partial charge in [-0.1, -0.05) is 73.7 Å². The number of nitrogens with zero attached hydrogens (tertiary/aromatic N) is 2. The zero-order valence-corrected chi connectivity index (χ0v) is 25.7. The molecule has 3 saturated heterocycles. The molecule has 3 aromatic rings. The quantitative estimate of drug-likeness (QED) is 0.271. The van der Waals surface area contributed by atoms with Gasteiger partial charge in [0.05, 0.1) is 18.8 Å². The molecule has 0 bridgehead atoms. The van der Waals surface area contributed by atoms with Gasteiger partial charge in [-0.15, -0.1) is 0 Å². The van der Waals surface area contributed by atoms with Gasteiger partial charge in [0.1, 0.15) is 0 Å². The van der Waals surface area contributed by atoms with Crippen molar-refractivity contribution in [3.05, 3.63) is 101 Å². The topological polar surface area (TPSA) is 86.3 Å². The predicted molar refractivity (Wildman–Crippen MR) is 172 cm³/mol. The smallest absolute Gasteiger partial charge is 0.319 e. The molecule has 3 fully saturated rings. The van der Waals surface area contributed by atoms with Crippen LogP contribution in [0.4, 0.5) is 10.5 Å². The van der Waals surface area contributed by atoms with Crippen LogP contribution in [0, 0.1) is 5.92 Å². The third-order valence-electron chi connectivity index (χ3n) is 9.42. The fourth-order valence-corrected chi connectivity index (χ4v) is 6.88. The summed E-state index contributed by atoms with van der Waals surface area (Å²) < 4.78 is 13.5. The number of nitrogens with one attached hydrogen (secondary N) is 2. The van der Waals surface area contributed by atoms with Crippen LogP contribution in [-0.4, -0.2) is 65.8 Å². The number of aliphatic hydroxyl groups excluding tert-OH is 1. The van der Waals surface area contributed by atoms with Crippen molar-refractivity contribution in [2.75, 3.05) is 38.0 Å². The molecule has 3 heterocycles. The lowest BCUT2D eigenvalue weighted by Crippen LogP contribution is -2.48. The van der Waals surface area contributed by atoms with E-state index in [-0.39, 0.29) is 30.8 Å². The SMILES string of the molecule is C[C@H]1[C@@H](CN2CCC[C@H]2CN2CCCC2)O[C@@H](c2cccc(NC(=O)NCc3ccccc3)c2)O[C@H]1c1ccc(CO)cc1. The minimum absolute atomic E-state index is 0.0157. The monoisotopic (exact) mass is 598 g/mol. The largest absolute Gasteiger partial charge is 0.392 e. The fraction of sp³-hybridized carbons (Fsp3) is 0.472. The van der Waals surface area contributed by atoms with Gasteiger partial charge in [-0.3, -0.25) is 4.90 Å². The van der Waals surface area contributed by atoms with E-state index in [0.29, 0.717) is 18.3 Å². The highest BCUT2D eigenvalue weighted by molar-refractivity contribution is 5.89. The van der Waals surface area contributed by atoms with Crippen LogP contribution >= 0.6 is 0 Å². The Morgan fingerprint density at radius 1 is 0.864 bits per heavy atom. The molecule has 8 heteroatoms. The Morgan fingerprint density at radius 3 is 2.43 bits per heavy atom. The van der Waals surface area contributed by atoms with Gasteiger partial charge >= 0.3 is 6.03 Å². The van der Waals surface area contributed by atoms with Crippen molar-refractivity contribution in [1.82, 2.24) is 15.1 Å². The van der Waals surface area contributed by atoms with Crippen LogP contribution in [0.1, 0.15) is 67.3 Å². The first-order valence-corrected chi connectivity index (χ1v) is 16.2. The Labute approximate surface area is 261 Å². The van der Waals surface area contributed by atoms with Crippen molar-refractivity contribution < 1.29 is 19.4 Å². The number of benzene rings is 3. The first kappa shape index (κ1) is 30.7. The molecular weight excluding hydrogens is 552 g/mol. The number of amides is 2. The summed E-state index contributed by atoms with van der Waals surface area (Å²) in [5.74, 6) is 0.129. The lowest BCUT2D eigenvalue weighted by molar-refractivity contribution is -0.276. The molecule has 0 spiro atoms. The molecule has 5 atom stereocenters. The van der Waals surface area contributed by atoms with Crippen LogP contribution < -0.4 is 10.6 Å². The number of likely N-dealkylation sites (tertiary alicyclic amines) is 2. The normalized spacial score (nSPS) is 26.1. The van der Waals surface area contributed by atoms with Crippen molar-refractivity contribution in [1.29, 1.82) is 0 Å². The highest BCUT2D eigenvalue weighted by Crippen LogP contribution is 2.42. The lowest BCUT2D eigenvalue weighted by atomic mass is 9.90. The molecule has 0 aromatic heterocycles. The van der Waals surface area contributed by atoms with Gasteiger partial charge in [-0.25, -0.2) is 4.79 Å². The number of carbonyl (C=O) groups is 1. The molecule has 0 saturated carbocycles. The Bertz CT molecular complexity index is 1350. The Morgan fingerprint density at radius 2 is 1.66 bits per heavy atom. The van der Waals surface area contributed by atoms with Gasteiger partial charge in [0, 0.05) is 42.8 Å². The number of aliphatic hydroxyl groups is 1. The van der Waals surface area contributed by atoms with Gasteiger partial charge in [-0.05, 0) is 74.1 Å². The van der Waals surface area contributed by atoms with E-state index >= 15 is 0 Å². The summed E-state index contributed by atoms with van der Waals surface area (Å²) in [5.41, 5.74) is 4.56. The second-order valence-electron chi connectivity index (χ2n) is 12.5. The number of ether oxygens (including phenoxy) is 2. The third-order valence-corrected chi connectivity index (χ3v) is 9.42. The number of carbonyl (C=O) groups excluding carboxylic acids is 1. The molecule has 3 N–H and O–H groups in total. The summed E-state index contributed by atoms with van der Waals surface area (Å²) in [4.78, 5) is 18.0. The number of urea groups is 1. The van der Waals surface area contributed by atoms with Crippen molar-refractivity contribution in [2.24, 2.45) is 5.92 Å². The summed E-state index contributed by atoms with van der Waals surface area (Å²) in [5, 5.41) is 15.5. The van der Waals surface area contributed by atoms with E-state index in [1.165, 1.54) is 38.8 Å². The highest BCUT2D eigenvalue weighted by atomic mass is 16.7. The van der Waals surface area contributed by atoms with Gasteiger partial charge in [-0.2, -0.15) is 0 Å².